The maximum atomic E-state index is 12.1. The van der Waals surface area contributed by atoms with Gasteiger partial charge < -0.3 is 15.7 Å². The van der Waals surface area contributed by atoms with Gasteiger partial charge in [0.1, 0.15) is 0 Å². The topological polar surface area (TPSA) is 118 Å². The van der Waals surface area contributed by atoms with Crippen molar-refractivity contribution in [3.05, 3.63) is 0 Å². The van der Waals surface area contributed by atoms with E-state index in [-0.39, 0.29) is 30.4 Å². The molecule has 0 bridgehead atoms. The van der Waals surface area contributed by atoms with Gasteiger partial charge in [-0.1, -0.05) is 13.3 Å². The van der Waals surface area contributed by atoms with Crippen LogP contribution in [-0.4, -0.2) is 60.4 Å². The molecule has 1 heterocycles. The summed E-state index contributed by atoms with van der Waals surface area (Å²) in [6, 6.07) is -1.51. The summed E-state index contributed by atoms with van der Waals surface area (Å²) >= 11 is 0. The van der Waals surface area contributed by atoms with Crippen molar-refractivity contribution in [1.82, 2.24) is 4.90 Å². The smallest absolute Gasteiger partial charge is 0.305 e. The number of hydrogen-bond acceptors (Lipinski definition) is 5. The maximum Gasteiger partial charge on any atom is 0.305 e. The quantitative estimate of drug-likeness (QED) is 0.686. The normalized spacial score (nSPS) is 23.9. The van der Waals surface area contributed by atoms with Crippen LogP contribution < -0.4 is 5.73 Å². The van der Waals surface area contributed by atoms with Crippen molar-refractivity contribution in [2.75, 3.05) is 18.1 Å². The zero-order valence-electron chi connectivity index (χ0n) is 10.9. The summed E-state index contributed by atoms with van der Waals surface area (Å²) in [5, 5.41) is 8.81. The van der Waals surface area contributed by atoms with E-state index < -0.39 is 27.9 Å². The molecular weight excluding hydrogens is 272 g/mol. The minimum absolute atomic E-state index is 0.0243. The van der Waals surface area contributed by atoms with E-state index in [0.717, 1.165) is 6.42 Å². The summed E-state index contributed by atoms with van der Waals surface area (Å²) in [4.78, 5) is 24.2. The van der Waals surface area contributed by atoms with Gasteiger partial charge in [0.05, 0.1) is 30.0 Å². The van der Waals surface area contributed by atoms with Crippen LogP contribution in [0, 0.1) is 0 Å². The van der Waals surface area contributed by atoms with Crippen molar-refractivity contribution >= 4 is 21.7 Å². The fraction of sp³-hybridized carbons (Fsp3) is 0.818. The largest absolute Gasteiger partial charge is 0.481 e. The number of carboxylic acids is 1. The number of carboxylic acid groups (broad SMARTS) is 1. The van der Waals surface area contributed by atoms with Gasteiger partial charge in [-0.2, -0.15) is 0 Å². The zero-order chi connectivity index (χ0) is 14.6. The van der Waals surface area contributed by atoms with Gasteiger partial charge in [-0.3, -0.25) is 9.59 Å². The molecule has 19 heavy (non-hydrogen) atoms. The van der Waals surface area contributed by atoms with E-state index in [1.54, 1.807) is 0 Å². The van der Waals surface area contributed by atoms with E-state index in [0.29, 0.717) is 6.42 Å². The minimum Gasteiger partial charge on any atom is -0.481 e. The van der Waals surface area contributed by atoms with E-state index in [1.807, 2.05) is 6.92 Å². The molecule has 0 radical (unpaired) electrons. The third-order valence-corrected chi connectivity index (χ3v) is 4.84. The van der Waals surface area contributed by atoms with Gasteiger partial charge in [-0.15, -0.1) is 0 Å². The van der Waals surface area contributed by atoms with Crippen LogP contribution >= 0.6 is 0 Å². The monoisotopic (exact) mass is 292 g/mol. The minimum atomic E-state index is -3.28. The predicted octanol–water partition coefficient (Wildman–Crippen LogP) is -0.786. The summed E-state index contributed by atoms with van der Waals surface area (Å²) < 4.78 is 23.1. The first kappa shape index (κ1) is 15.9. The lowest BCUT2D eigenvalue weighted by atomic mass is 10.1. The molecule has 1 aliphatic rings. The number of nitrogens with two attached hydrogens (primary N) is 1. The van der Waals surface area contributed by atoms with Crippen LogP contribution in [0.25, 0.3) is 0 Å². The number of aliphatic carboxylic acids is 1. The predicted molar refractivity (Wildman–Crippen MR) is 69.3 cm³/mol. The number of carbonyl (C=O) groups is 2. The summed E-state index contributed by atoms with van der Waals surface area (Å²) in [5.74, 6) is -1.91. The SMILES string of the molecule is CCC[C@@H](N)C(=O)N1CCS(=O)(=O)CC1CC(=O)O. The first-order chi connectivity index (χ1) is 8.76. The number of hydrogen-bond donors (Lipinski definition) is 2. The van der Waals surface area contributed by atoms with Crippen molar-refractivity contribution in [1.29, 1.82) is 0 Å². The van der Waals surface area contributed by atoms with Gasteiger partial charge in [0.25, 0.3) is 0 Å². The highest BCUT2D eigenvalue weighted by Crippen LogP contribution is 2.17. The molecule has 8 heteroatoms. The second-order valence-corrected chi connectivity index (χ2v) is 7.02. The zero-order valence-corrected chi connectivity index (χ0v) is 11.7. The van der Waals surface area contributed by atoms with Crippen molar-refractivity contribution in [2.45, 2.75) is 38.3 Å². The molecule has 0 aromatic heterocycles. The first-order valence-electron chi connectivity index (χ1n) is 6.25. The van der Waals surface area contributed by atoms with Crippen molar-refractivity contribution in [3.63, 3.8) is 0 Å². The Labute approximate surface area is 112 Å². The highest BCUT2D eigenvalue weighted by molar-refractivity contribution is 7.91. The molecule has 0 aliphatic carbocycles. The number of rotatable bonds is 5. The van der Waals surface area contributed by atoms with E-state index in [4.69, 9.17) is 10.8 Å². The fourth-order valence-electron chi connectivity index (χ4n) is 2.19. The molecular formula is C11H20N2O5S. The molecule has 3 N–H and O–H groups in total. The third kappa shape index (κ3) is 4.46. The second-order valence-electron chi connectivity index (χ2n) is 4.79. The molecule has 0 aromatic rings. The lowest BCUT2D eigenvalue weighted by Crippen LogP contribution is -2.56. The summed E-state index contributed by atoms with van der Waals surface area (Å²) in [6.07, 6.45) is 0.869. The molecule has 110 valence electrons. The first-order valence-corrected chi connectivity index (χ1v) is 8.07. The Hall–Kier alpha value is -1.15. The van der Waals surface area contributed by atoms with Crippen LogP contribution in [0.2, 0.25) is 0 Å². The van der Waals surface area contributed by atoms with E-state index in [9.17, 15) is 18.0 Å². The van der Waals surface area contributed by atoms with Gasteiger partial charge >= 0.3 is 5.97 Å². The number of carbonyl (C=O) groups excluding carboxylic acids is 1. The molecule has 7 nitrogen and oxygen atoms in total. The summed E-state index contributed by atoms with van der Waals surface area (Å²) in [7, 11) is -3.28. The van der Waals surface area contributed by atoms with Crippen LogP contribution in [0.15, 0.2) is 0 Å². The van der Waals surface area contributed by atoms with E-state index >= 15 is 0 Å². The van der Waals surface area contributed by atoms with Crippen molar-refractivity contribution in [3.8, 4) is 0 Å². The average molecular weight is 292 g/mol. The van der Waals surface area contributed by atoms with Gasteiger partial charge in [0, 0.05) is 6.54 Å². The van der Waals surface area contributed by atoms with Gasteiger partial charge in [-0.05, 0) is 6.42 Å². The molecule has 1 aliphatic heterocycles. The molecule has 1 saturated heterocycles. The molecule has 0 spiro atoms. The van der Waals surface area contributed by atoms with Crippen LogP contribution in [0.1, 0.15) is 26.2 Å². The molecule has 1 unspecified atom stereocenters. The molecule has 1 amide bonds. The Morgan fingerprint density at radius 2 is 2.11 bits per heavy atom. The summed E-state index contributed by atoms with van der Waals surface area (Å²) in [6.45, 7) is 1.92. The van der Waals surface area contributed by atoms with Crippen LogP contribution in [0.4, 0.5) is 0 Å². The molecule has 0 aromatic carbocycles. The van der Waals surface area contributed by atoms with Gasteiger partial charge in [0.2, 0.25) is 5.91 Å². The summed E-state index contributed by atoms with van der Waals surface area (Å²) in [5.41, 5.74) is 5.73. The highest BCUT2D eigenvalue weighted by Gasteiger charge is 2.36. The number of nitrogens with zero attached hydrogens (tertiary/aromatic N) is 1. The Bertz CT molecular complexity index is 448. The Morgan fingerprint density at radius 1 is 1.47 bits per heavy atom. The average Bonchev–Trinajstić information content (AvgIpc) is 2.26. The Balaban J connectivity index is 2.84. The maximum absolute atomic E-state index is 12.1. The lowest BCUT2D eigenvalue weighted by molar-refractivity contribution is -0.141. The van der Waals surface area contributed by atoms with Crippen LogP contribution in [0.3, 0.4) is 0 Å². The fourth-order valence-corrected chi connectivity index (χ4v) is 3.72. The van der Waals surface area contributed by atoms with E-state index in [1.165, 1.54) is 4.90 Å². The standard InChI is InChI=1S/C11H20N2O5S/c1-2-3-9(12)11(16)13-4-5-19(17,18)7-8(13)6-10(14)15/h8-9H,2-7,12H2,1H3,(H,14,15)/t8?,9-/m1/s1. The molecule has 0 saturated carbocycles. The van der Waals surface area contributed by atoms with Crippen molar-refractivity contribution in [2.24, 2.45) is 5.73 Å². The van der Waals surface area contributed by atoms with Crippen molar-refractivity contribution < 1.29 is 23.1 Å². The van der Waals surface area contributed by atoms with Gasteiger partial charge in [-0.25, -0.2) is 8.42 Å². The third-order valence-electron chi connectivity index (χ3n) is 3.14. The van der Waals surface area contributed by atoms with Crippen LogP contribution in [0.5, 0.6) is 0 Å². The molecule has 1 rings (SSSR count). The van der Waals surface area contributed by atoms with E-state index in [2.05, 4.69) is 0 Å². The number of sulfone groups is 1. The number of amides is 1. The Morgan fingerprint density at radius 3 is 2.63 bits per heavy atom. The highest BCUT2D eigenvalue weighted by atomic mass is 32.2. The van der Waals surface area contributed by atoms with Gasteiger partial charge in [0.15, 0.2) is 9.84 Å². The lowest BCUT2D eigenvalue weighted by Gasteiger charge is -2.36. The Kier molecular flexibility index (Phi) is 5.30. The molecule has 2 atom stereocenters. The second kappa shape index (κ2) is 6.33. The molecule has 1 fully saturated rings. The van der Waals surface area contributed by atoms with Crippen LogP contribution in [-0.2, 0) is 19.4 Å².